The van der Waals surface area contributed by atoms with Gasteiger partial charge in [0, 0.05) is 10.6 Å². The fraction of sp³-hybridized carbons (Fsp3) is 0.429. The Morgan fingerprint density at radius 1 is 1.21 bits per heavy atom. The van der Waals surface area contributed by atoms with E-state index in [1.807, 2.05) is 0 Å². The SMILES string of the molecule is NC(=S)C1(NC(=O)c2ccc(Cl)cc2)CCCCC1. The molecule has 1 fully saturated rings. The van der Waals surface area contributed by atoms with Crippen molar-refractivity contribution >= 4 is 34.7 Å². The summed E-state index contributed by atoms with van der Waals surface area (Å²) in [7, 11) is 0. The van der Waals surface area contributed by atoms with Crippen molar-refractivity contribution in [1.82, 2.24) is 5.32 Å². The predicted molar refractivity (Wildman–Crippen MR) is 81.5 cm³/mol. The summed E-state index contributed by atoms with van der Waals surface area (Å²) in [4.78, 5) is 12.6. The fourth-order valence-corrected chi connectivity index (χ4v) is 2.86. The predicted octanol–water partition coefficient (Wildman–Crippen LogP) is 3.06. The Hall–Kier alpha value is -1.13. The molecule has 0 atom stereocenters. The van der Waals surface area contributed by atoms with Crippen LogP contribution in [0.4, 0.5) is 0 Å². The number of rotatable bonds is 3. The first-order chi connectivity index (χ1) is 9.03. The quantitative estimate of drug-likeness (QED) is 0.843. The Kier molecular flexibility index (Phi) is 4.42. The standard InChI is InChI=1S/C14H17ClN2OS/c15-11-6-4-10(5-7-11)12(18)17-14(13(16)19)8-2-1-3-9-14/h4-7H,1-3,8-9H2,(H2,16,19)(H,17,18). The van der Waals surface area contributed by atoms with E-state index in [4.69, 9.17) is 29.6 Å². The largest absolute Gasteiger partial charge is 0.391 e. The summed E-state index contributed by atoms with van der Waals surface area (Å²) >= 11 is 11.0. The Labute approximate surface area is 123 Å². The molecule has 0 unspecified atom stereocenters. The number of amides is 1. The maximum Gasteiger partial charge on any atom is 0.252 e. The summed E-state index contributed by atoms with van der Waals surface area (Å²) in [5, 5.41) is 3.63. The van der Waals surface area contributed by atoms with Gasteiger partial charge in [0.25, 0.3) is 5.91 Å². The number of carbonyl (C=O) groups is 1. The molecule has 2 rings (SSSR count). The van der Waals surface area contributed by atoms with E-state index in [0.717, 1.165) is 25.7 Å². The number of hydrogen-bond acceptors (Lipinski definition) is 2. The van der Waals surface area contributed by atoms with E-state index in [2.05, 4.69) is 5.32 Å². The molecule has 102 valence electrons. The number of halogens is 1. The van der Waals surface area contributed by atoms with Gasteiger partial charge >= 0.3 is 0 Å². The van der Waals surface area contributed by atoms with Crippen LogP contribution in [-0.4, -0.2) is 16.4 Å². The zero-order chi connectivity index (χ0) is 13.9. The molecule has 1 saturated carbocycles. The van der Waals surface area contributed by atoms with E-state index >= 15 is 0 Å². The Bertz CT molecular complexity index is 481. The second-order valence-electron chi connectivity index (χ2n) is 4.97. The third-order valence-electron chi connectivity index (χ3n) is 3.64. The minimum atomic E-state index is -0.524. The van der Waals surface area contributed by atoms with Crippen molar-refractivity contribution in [2.24, 2.45) is 5.73 Å². The van der Waals surface area contributed by atoms with Crippen molar-refractivity contribution in [1.29, 1.82) is 0 Å². The first-order valence-corrected chi connectivity index (χ1v) is 7.20. The van der Waals surface area contributed by atoms with Gasteiger partial charge < -0.3 is 11.1 Å². The zero-order valence-corrected chi connectivity index (χ0v) is 12.2. The van der Waals surface area contributed by atoms with Gasteiger partial charge in [0.1, 0.15) is 0 Å². The summed E-state index contributed by atoms with van der Waals surface area (Å²) < 4.78 is 0. The molecule has 0 aromatic heterocycles. The summed E-state index contributed by atoms with van der Waals surface area (Å²) in [5.41, 5.74) is 5.90. The lowest BCUT2D eigenvalue weighted by Gasteiger charge is -2.37. The second kappa shape index (κ2) is 5.88. The molecule has 0 spiro atoms. The third-order valence-corrected chi connectivity index (χ3v) is 4.28. The van der Waals surface area contributed by atoms with Crippen LogP contribution in [0.1, 0.15) is 42.5 Å². The van der Waals surface area contributed by atoms with Gasteiger partial charge in [-0.25, -0.2) is 0 Å². The van der Waals surface area contributed by atoms with E-state index in [0.29, 0.717) is 15.6 Å². The highest BCUT2D eigenvalue weighted by molar-refractivity contribution is 7.80. The maximum absolute atomic E-state index is 12.3. The van der Waals surface area contributed by atoms with Gasteiger partial charge in [0.2, 0.25) is 0 Å². The van der Waals surface area contributed by atoms with Crippen LogP contribution >= 0.6 is 23.8 Å². The third kappa shape index (κ3) is 3.25. The van der Waals surface area contributed by atoms with Crippen molar-refractivity contribution in [2.75, 3.05) is 0 Å². The highest BCUT2D eigenvalue weighted by atomic mass is 35.5. The number of benzene rings is 1. The molecule has 0 heterocycles. The normalized spacial score (nSPS) is 17.7. The van der Waals surface area contributed by atoms with E-state index in [-0.39, 0.29) is 5.91 Å². The Balaban J connectivity index is 2.15. The van der Waals surface area contributed by atoms with Crippen LogP contribution in [0.15, 0.2) is 24.3 Å². The molecule has 1 aliphatic rings. The lowest BCUT2D eigenvalue weighted by atomic mass is 9.81. The Morgan fingerprint density at radius 3 is 2.32 bits per heavy atom. The molecular formula is C14H17ClN2OS. The smallest absolute Gasteiger partial charge is 0.252 e. The second-order valence-corrected chi connectivity index (χ2v) is 5.84. The van der Waals surface area contributed by atoms with E-state index in [1.165, 1.54) is 6.42 Å². The molecule has 0 aliphatic heterocycles. The van der Waals surface area contributed by atoms with Gasteiger partial charge in [-0.15, -0.1) is 0 Å². The highest BCUT2D eigenvalue weighted by Gasteiger charge is 2.36. The molecule has 3 N–H and O–H groups in total. The molecule has 0 bridgehead atoms. The molecule has 1 amide bonds. The average Bonchev–Trinajstić information content (AvgIpc) is 2.40. The lowest BCUT2D eigenvalue weighted by Crippen LogP contribution is -2.57. The number of hydrogen-bond donors (Lipinski definition) is 2. The van der Waals surface area contributed by atoms with E-state index in [9.17, 15) is 4.79 Å². The average molecular weight is 297 g/mol. The first kappa shape index (κ1) is 14.3. The minimum Gasteiger partial charge on any atom is -0.391 e. The van der Waals surface area contributed by atoms with Crippen LogP contribution in [0, 0.1) is 0 Å². The van der Waals surface area contributed by atoms with E-state index in [1.54, 1.807) is 24.3 Å². The molecule has 1 aliphatic carbocycles. The maximum atomic E-state index is 12.3. The lowest BCUT2D eigenvalue weighted by molar-refractivity contribution is 0.0908. The highest BCUT2D eigenvalue weighted by Crippen LogP contribution is 2.29. The van der Waals surface area contributed by atoms with Crippen molar-refractivity contribution < 1.29 is 4.79 Å². The van der Waals surface area contributed by atoms with Crippen molar-refractivity contribution in [2.45, 2.75) is 37.6 Å². The number of carbonyl (C=O) groups excluding carboxylic acids is 1. The van der Waals surface area contributed by atoms with Crippen LogP contribution in [-0.2, 0) is 0 Å². The van der Waals surface area contributed by atoms with Gasteiger partial charge in [0.05, 0.1) is 10.5 Å². The number of nitrogens with one attached hydrogen (secondary N) is 1. The van der Waals surface area contributed by atoms with Crippen LogP contribution in [0.3, 0.4) is 0 Å². The van der Waals surface area contributed by atoms with Crippen molar-refractivity contribution in [3.8, 4) is 0 Å². The van der Waals surface area contributed by atoms with Gasteiger partial charge in [-0.05, 0) is 37.1 Å². The minimum absolute atomic E-state index is 0.147. The fourth-order valence-electron chi connectivity index (χ4n) is 2.48. The zero-order valence-electron chi connectivity index (χ0n) is 10.6. The van der Waals surface area contributed by atoms with Crippen LogP contribution in [0.2, 0.25) is 5.02 Å². The Morgan fingerprint density at radius 2 is 1.79 bits per heavy atom. The van der Waals surface area contributed by atoms with Crippen LogP contribution < -0.4 is 11.1 Å². The molecule has 0 saturated heterocycles. The summed E-state index contributed by atoms with van der Waals surface area (Å²) in [6.45, 7) is 0. The van der Waals surface area contributed by atoms with Gasteiger partial charge in [-0.1, -0.05) is 43.1 Å². The molecule has 1 aromatic carbocycles. The van der Waals surface area contributed by atoms with Crippen molar-refractivity contribution in [3.63, 3.8) is 0 Å². The van der Waals surface area contributed by atoms with Gasteiger partial charge in [-0.2, -0.15) is 0 Å². The van der Waals surface area contributed by atoms with Gasteiger partial charge in [-0.3, -0.25) is 4.79 Å². The molecule has 5 heteroatoms. The van der Waals surface area contributed by atoms with E-state index < -0.39 is 5.54 Å². The molecule has 1 aromatic rings. The summed E-state index contributed by atoms with van der Waals surface area (Å²) in [6.07, 6.45) is 4.89. The van der Waals surface area contributed by atoms with Gasteiger partial charge in [0.15, 0.2) is 0 Å². The van der Waals surface area contributed by atoms with Crippen LogP contribution in [0.5, 0.6) is 0 Å². The number of nitrogens with two attached hydrogens (primary N) is 1. The topological polar surface area (TPSA) is 55.1 Å². The number of thiocarbonyl (C=S) groups is 1. The first-order valence-electron chi connectivity index (χ1n) is 6.41. The molecule has 0 radical (unpaired) electrons. The molecular weight excluding hydrogens is 280 g/mol. The molecule has 19 heavy (non-hydrogen) atoms. The van der Waals surface area contributed by atoms with Crippen LogP contribution in [0.25, 0.3) is 0 Å². The monoisotopic (exact) mass is 296 g/mol. The summed E-state index contributed by atoms with van der Waals surface area (Å²) in [6, 6.07) is 6.80. The van der Waals surface area contributed by atoms with Crippen molar-refractivity contribution in [3.05, 3.63) is 34.9 Å². The summed E-state index contributed by atoms with van der Waals surface area (Å²) in [5.74, 6) is -0.147. The molecule has 3 nitrogen and oxygen atoms in total.